The molecule has 0 spiro atoms. The minimum atomic E-state index is 0.256. The van der Waals surface area contributed by atoms with E-state index in [0.717, 1.165) is 43.7 Å². The first kappa shape index (κ1) is 15.5. The second kappa shape index (κ2) is 8.57. The molecule has 0 aliphatic carbocycles. The SMILES string of the molecule is CCCN(CCC)C(=O)CCc1cccc(OC)c1. The summed E-state index contributed by atoms with van der Waals surface area (Å²) in [7, 11) is 1.66. The standard InChI is InChI=1S/C16H25NO2/c1-4-11-17(12-5-2)16(18)10-9-14-7-6-8-15(13-14)19-3/h6-8,13H,4-5,9-12H2,1-3H3. The summed E-state index contributed by atoms with van der Waals surface area (Å²) in [6, 6.07) is 7.93. The Kier molecular flexibility index (Phi) is 7.01. The summed E-state index contributed by atoms with van der Waals surface area (Å²) in [5, 5.41) is 0. The van der Waals surface area contributed by atoms with E-state index in [1.165, 1.54) is 0 Å². The van der Waals surface area contributed by atoms with E-state index in [2.05, 4.69) is 13.8 Å². The second-order valence-electron chi connectivity index (χ2n) is 4.73. The lowest BCUT2D eigenvalue weighted by Gasteiger charge is -2.21. The zero-order chi connectivity index (χ0) is 14.1. The Balaban J connectivity index is 2.51. The van der Waals surface area contributed by atoms with Gasteiger partial charge in [0.25, 0.3) is 0 Å². The van der Waals surface area contributed by atoms with Crippen LogP contribution in [0.15, 0.2) is 24.3 Å². The predicted molar refractivity (Wildman–Crippen MR) is 78.5 cm³/mol. The molecule has 0 N–H and O–H groups in total. The summed E-state index contributed by atoms with van der Waals surface area (Å²) < 4.78 is 5.19. The summed E-state index contributed by atoms with van der Waals surface area (Å²) in [5.74, 6) is 1.11. The molecule has 1 aromatic rings. The minimum Gasteiger partial charge on any atom is -0.497 e. The molecule has 0 aromatic heterocycles. The van der Waals surface area contributed by atoms with E-state index in [-0.39, 0.29) is 5.91 Å². The molecule has 0 atom stereocenters. The number of ether oxygens (including phenoxy) is 1. The number of amides is 1. The molecule has 0 heterocycles. The summed E-state index contributed by atoms with van der Waals surface area (Å²) in [5.41, 5.74) is 1.15. The third-order valence-electron chi connectivity index (χ3n) is 3.10. The van der Waals surface area contributed by atoms with Crippen molar-refractivity contribution in [2.75, 3.05) is 20.2 Å². The molecule has 1 amide bonds. The summed E-state index contributed by atoms with van der Waals surface area (Å²) in [6.07, 6.45) is 3.39. The number of nitrogens with zero attached hydrogens (tertiary/aromatic N) is 1. The fourth-order valence-corrected chi connectivity index (χ4v) is 2.14. The highest BCUT2D eigenvalue weighted by Crippen LogP contribution is 2.14. The lowest BCUT2D eigenvalue weighted by Crippen LogP contribution is -2.32. The molecule has 0 aliphatic rings. The number of rotatable bonds is 8. The molecule has 0 unspecified atom stereocenters. The van der Waals surface area contributed by atoms with Gasteiger partial charge >= 0.3 is 0 Å². The third-order valence-corrected chi connectivity index (χ3v) is 3.10. The van der Waals surface area contributed by atoms with E-state index >= 15 is 0 Å². The molecule has 1 aromatic carbocycles. The number of aryl methyl sites for hydroxylation is 1. The van der Waals surface area contributed by atoms with Crippen LogP contribution in [0, 0.1) is 0 Å². The van der Waals surface area contributed by atoms with Crippen molar-refractivity contribution < 1.29 is 9.53 Å². The Morgan fingerprint density at radius 1 is 1.21 bits per heavy atom. The average Bonchev–Trinajstić information content (AvgIpc) is 2.44. The van der Waals surface area contributed by atoms with Gasteiger partial charge < -0.3 is 9.64 Å². The van der Waals surface area contributed by atoms with Crippen LogP contribution in [0.4, 0.5) is 0 Å². The van der Waals surface area contributed by atoms with Gasteiger partial charge in [-0.15, -0.1) is 0 Å². The maximum absolute atomic E-state index is 12.1. The highest BCUT2D eigenvalue weighted by Gasteiger charge is 2.11. The first-order chi connectivity index (χ1) is 9.21. The largest absolute Gasteiger partial charge is 0.497 e. The van der Waals surface area contributed by atoms with Crippen LogP contribution >= 0.6 is 0 Å². The fourth-order valence-electron chi connectivity index (χ4n) is 2.14. The predicted octanol–water partition coefficient (Wildman–Crippen LogP) is 3.28. The van der Waals surface area contributed by atoms with Crippen molar-refractivity contribution in [2.24, 2.45) is 0 Å². The van der Waals surface area contributed by atoms with Gasteiger partial charge in [0.05, 0.1) is 7.11 Å². The maximum atomic E-state index is 12.1. The van der Waals surface area contributed by atoms with Crippen LogP contribution in [0.25, 0.3) is 0 Å². The van der Waals surface area contributed by atoms with E-state index in [4.69, 9.17) is 4.74 Å². The smallest absolute Gasteiger partial charge is 0.222 e. The first-order valence-electron chi connectivity index (χ1n) is 7.12. The summed E-state index contributed by atoms with van der Waals surface area (Å²) in [4.78, 5) is 14.1. The van der Waals surface area contributed by atoms with Crippen LogP contribution in [-0.4, -0.2) is 31.0 Å². The van der Waals surface area contributed by atoms with Crippen molar-refractivity contribution in [3.05, 3.63) is 29.8 Å². The van der Waals surface area contributed by atoms with Crippen LogP contribution in [0.5, 0.6) is 5.75 Å². The lowest BCUT2D eigenvalue weighted by atomic mass is 10.1. The van der Waals surface area contributed by atoms with Crippen molar-refractivity contribution in [1.29, 1.82) is 0 Å². The van der Waals surface area contributed by atoms with Crippen LogP contribution in [0.2, 0.25) is 0 Å². The minimum absolute atomic E-state index is 0.256. The Bertz CT molecular complexity index is 384. The number of carbonyl (C=O) groups is 1. The molecule has 0 saturated carbocycles. The molecule has 0 saturated heterocycles. The molecular weight excluding hydrogens is 238 g/mol. The topological polar surface area (TPSA) is 29.5 Å². The van der Waals surface area contributed by atoms with Crippen LogP contribution in [0.1, 0.15) is 38.7 Å². The molecule has 3 heteroatoms. The Morgan fingerprint density at radius 3 is 2.47 bits per heavy atom. The lowest BCUT2D eigenvalue weighted by molar-refractivity contribution is -0.131. The van der Waals surface area contributed by atoms with E-state index < -0.39 is 0 Å². The number of hydrogen-bond donors (Lipinski definition) is 0. The summed E-state index contributed by atoms with van der Waals surface area (Å²) in [6.45, 7) is 5.95. The van der Waals surface area contributed by atoms with Crippen molar-refractivity contribution in [2.45, 2.75) is 39.5 Å². The molecule has 1 rings (SSSR count). The molecule has 106 valence electrons. The van der Waals surface area contributed by atoms with Gasteiger partial charge in [-0.05, 0) is 37.0 Å². The number of benzene rings is 1. The van der Waals surface area contributed by atoms with Crippen molar-refractivity contribution in [3.63, 3.8) is 0 Å². The van der Waals surface area contributed by atoms with Gasteiger partial charge in [0.1, 0.15) is 5.75 Å². The Hall–Kier alpha value is -1.51. The van der Waals surface area contributed by atoms with Gasteiger partial charge in [-0.2, -0.15) is 0 Å². The molecular formula is C16H25NO2. The Labute approximate surface area is 116 Å². The number of carbonyl (C=O) groups excluding carboxylic acids is 1. The monoisotopic (exact) mass is 263 g/mol. The van der Waals surface area contributed by atoms with Gasteiger partial charge in [0.2, 0.25) is 5.91 Å². The maximum Gasteiger partial charge on any atom is 0.222 e. The van der Waals surface area contributed by atoms with Crippen molar-refractivity contribution in [3.8, 4) is 5.75 Å². The van der Waals surface area contributed by atoms with E-state index in [1.807, 2.05) is 29.2 Å². The molecule has 0 fully saturated rings. The molecule has 0 bridgehead atoms. The number of hydrogen-bond acceptors (Lipinski definition) is 2. The molecule has 0 radical (unpaired) electrons. The van der Waals surface area contributed by atoms with Crippen molar-refractivity contribution in [1.82, 2.24) is 4.90 Å². The third kappa shape index (κ3) is 5.33. The van der Waals surface area contributed by atoms with E-state index in [9.17, 15) is 4.79 Å². The zero-order valence-electron chi connectivity index (χ0n) is 12.3. The van der Waals surface area contributed by atoms with Gasteiger partial charge in [0.15, 0.2) is 0 Å². The van der Waals surface area contributed by atoms with Crippen molar-refractivity contribution >= 4 is 5.91 Å². The van der Waals surface area contributed by atoms with Gasteiger partial charge in [-0.1, -0.05) is 26.0 Å². The normalized spacial score (nSPS) is 10.3. The second-order valence-corrected chi connectivity index (χ2v) is 4.73. The van der Waals surface area contributed by atoms with Crippen LogP contribution < -0.4 is 4.74 Å². The van der Waals surface area contributed by atoms with E-state index in [0.29, 0.717) is 6.42 Å². The van der Waals surface area contributed by atoms with Gasteiger partial charge in [-0.25, -0.2) is 0 Å². The molecule has 3 nitrogen and oxygen atoms in total. The van der Waals surface area contributed by atoms with E-state index in [1.54, 1.807) is 7.11 Å². The highest BCUT2D eigenvalue weighted by atomic mass is 16.5. The van der Waals surface area contributed by atoms with Crippen LogP contribution in [0.3, 0.4) is 0 Å². The highest BCUT2D eigenvalue weighted by molar-refractivity contribution is 5.76. The first-order valence-corrected chi connectivity index (χ1v) is 7.12. The zero-order valence-corrected chi connectivity index (χ0v) is 12.3. The Morgan fingerprint density at radius 2 is 1.89 bits per heavy atom. The summed E-state index contributed by atoms with van der Waals surface area (Å²) >= 11 is 0. The van der Waals surface area contributed by atoms with Crippen LogP contribution in [-0.2, 0) is 11.2 Å². The molecule has 19 heavy (non-hydrogen) atoms. The van der Waals surface area contributed by atoms with Gasteiger partial charge in [0, 0.05) is 19.5 Å². The fraction of sp³-hybridized carbons (Fsp3) is 0.562. The average molecular weight is 263 g/mol. The van der Waals surface area contributed by atoms with Gasteiger partial charge in [-0.3, -0.25) is 4.79 Å². The number of methoxy groups -OCH3 is 1. The molecule has 0 aliphatic heterocycles. The quantitative estimate of drug-likeness (QED) is 0.720.